The van der Waals surface area contributed by atoms with E-state index in [1.165, 1.54) is 10.4 Å². The van der Waals surface area contributed by atoms with E-state index >= 15 is 0 Å². The van der Waals surface area contributed by atoms with Crippen molar-refractivity contribution in [2.75, 3.05) is 0 Å². The van der Waals surface area contributed by atoms with Crippen LogP contribution < -0.4 is 0 Å². The number of aryl methyl sites for hydroxylation is 2. The Hall–Kier alpha value is -2.46. The monoisotopic (exact) mass is 336 g/mol. The molecule has 0 spiro atoms. The predicted molar refractivity (Wildman–Crippen MR) is 99.6 cm³/mol. The van der Waals surface area contributed by atoms with Crippen LogP contribution in [0.4, 0.5) is 0 Å². The molecule has 24 heavy (non-hydrogen) atoms. The first-order valence-electron chi connectivity index (χ1n) is 7.90. The Morgan fingerprint density at radius 3 is 2.58 bits per heavy atom. The van der Waals surface area contributed by atoms with Crippen molar-refractivity contribution in [3.63, 3.8) is 0 Å². The number of rotatable bonds is 5. The van der Waals surface area contributed by atoms with E-state index in [4.69, 9.17) is 0 Å². The second-order valence-corrected chi connectivity index (χ2v) is 7.03. The van der Waals surface area contributed by atoms with Gasteiger partial charge in [0.15, 0.2) is 5.78 Å². The zero-order valence-corrected chi connectivity index (χ0v) is 14.9. The first-order valence-corrected chi connectivity index (χ1v) is 8.71. The lowest BCUT2D eigenvalue weighted by Gasteiger charge is -1.97. The van der Waals surface area contributed by atoms with Gasteiger partial charge in [-0.3, -0.25) is 9.48 Å². The van der Waals surface area contributed by atoms with Gasteiger partial charge < -0.3 is 0 Å². The molecule has 3 aromatic rings. The van der Waals surface area contributed by atoms with Crippen LogP contribution in [0.5, 0.6) is 0 Å². The Kier molecular flexibility index (Phi) is 4.76. The number of carbonyl (C=O) groups excluding carboxylic acids is 1. The average molecular weight is 336 g/mol. The molecular weight excluding hydrogens is 316 g/mol. The zero-order chi connectivity index (χ0) is 17.1. The van der Waals surface area contributed by atoms with Gasteiger partial charge in [0.2, 0.25) is 0 Å². The van der Waals surface area contributed by atoms with Crippen molar-refractivity contribution in [2.45, 2.75) is 20.3 Å². The molecule has 0 aliphatic rings. The normalized spacial score (nSPS) is 11.3. The molecule has 0 bridgehead atoms. The number of ketones is 1. The van der Waals surface area contributed by atoms with Crippen LogP contribution in [0.25, 0.3) is 6.08 Å². The van der Waals surface area contributed by atoms with Crippen LogP contribution in [0.1, 0.15) is 37.1 Å². The first kappa shape index (κ1) is 16.4. The topological polar surface area (TPSA) is 34.9 Å². The second kappa shape index (κ2) is 6.97. The van der Waals surface area contributed by atoms with Crippen LogP contribution in [-0.2, 0) is 13.5 Å². The molecule has 0 saturated carbocycles. The lowest BCUT2D eigenvalue weighted by molar-refractivity contribution is 0.104. The molecule has 0 fully saturated rings. The predicted octanol–water partition coefficient (Wildman–Crippen LogP) is 4.59. The van der Waals surface area contributed by atoms with Crippen molar-refractivity contribution >= 4 is 23.2 Å². The van der Waals surface area contributed by atoms with E-state index in [-0.39, 0.29) is 5.78 Å². The smallest absolute Gasteiger partial charge is 0.189 e. The lowest BCUT2D eigenvalue weighted by Crippen LogP contribution is -1.99. The van der Waals surface area contributed by atoms with Gasteiger partial charge in [-0.2, -0.15) is 5.10 Å². The first-order chi connectivity index (χ1) is 11.5. The molecule has 3 nitrogen and oxygen atoms in total. The van der Waals surface area contributed by atoms with Crippen molar-refractivity contribution in [3.8, 4) is 0 Å². The van der Waals surface area contributed by atoms with E-state index in [9.17, 15) is 4.79 Å². The summed E-state index contributed by atoms with van der Waals surface area (Å²) >= 11 is 1.72. The molecule has 0 saturated heterocycles. The standard InChI is InChI=1S/C20H20N2OS/c1-14-20(15(2)22(3)21-14)19(23)12-11-17-9-10-18(24-17)13-16-7-5-4-6-8-16/h4-12H,13H2,1-3H3/b12-11+. The van der Waals surface area contributed by atoms with E-state index in [0.29, 0.717) is 5.56 Å². The highest BCUT2D eigenvalue weighted by molar-refractivity contribution is 7.12. The molecular formula is C20H20N2OS. The minimum absolute atomic E-state index is 0.0103. The fraction of sp³-hybridized carbons (Fsp3) is 0.200. The highest BCUT2D eigenvalue weighted by Gasteiger charge is 2.14. The Morgan fingerprint density at radius 1 is 1.17 bits per heavy atom. The Bertz CT molecular complexity index is 888. The van der Waals surface area contributed by atoms with Gasteiger partial charge in [0.1, 0.15) is 0 Å². The number of nitrogens with zero attached hydrogens (tertiary/aromatic N) is 2. The van der Waals surface area contributed by atoms with Crippen LogP contribution in [-0.4, -0.2) is 15.6 Å². The summed E-state index contributed by atoms with van der Waals surface area (Å²) in [4.78, 5) is 14.8. The quantitative estimate of drug-likeness (QED) is 0.505. The minimum atomic E-state index is 0.0103. The fourth-order valence-electron chi connectivity index (χ4n) is 2.75. The van der Waals surface area contributed by atoms with Gasteiger partial charge in [-0.1, -0.05) is 30.3 Å². The maximum atomic E-state index is 12.4. The SMILES string of the molecule is Cc1nn(C)c(C)c1C(=O)/C=C/c1ccc(Cc2ccccc2)s1. The fourth-order valence-corrected chi connectivity index (χ4v) is 3.70. The second-order valence-electron chi connectivity index (χ2n) is 5.83. The van der Waals surface area contributed by atoms with Gasteiger partial charge in [-0.15, -0.1) is 11.3 Å². The maximum absolute atomic E-state index is 12.4. The van der Waals surface area contributed by atoms with Gasteiger partial charge >= 0.3 is 0 Å². The summed E-state index contributed by atoms with van der Waals surface area (Å²) in [7, 11) is 1.86. The van der Waals surface area contributed by atoms with Crippen LogP contribution in [0, 0.1) is 13.8 Å². The highest BCUT2D eigenvalue weighted by atomic mass is 32.1. The van der Waals surface area contributed by atoms with Gasteiger partial charge in [0.25, 0.3) is 0 Å². The zero-order valence-electron chi connectivity index (χ0n) is 14.1. The van der Waals surface area contributed by atoms with Crippen molar-refractivity contribution in [1.29, 1.82) is 0 Å². The summed E-state index contributed by atoms with van der Waals surface area (Å²) in [6.45, 7) is 3.79. The molecule has 0 N–H and O–H groups in total. The third kappa shape index (κ3) is 3.54. The van der Waals surface area contributed by atoms with Crippen molar-refractivity contribution in [1.82, 2.24) is 9.78 Å². The molecule has 0 aliphatic heterocycles. The number of aromatic nitrogens is 2. The molecule has 0 atom stereocenters. The average Bonchev–Trinajstić information content (AvgIpc) is 3.11. The number of hydrogen-bond acceptors (Lipinski definition) is 3. The van der Waals surface area contributed by atoms with Crippen molar-refractivity contribution < 1.29 is 4.79 Å². The van der Waals surface area contributed by atoms with E-state index in [2.05, 4.69) is 41.5 Å². The molecule has 1 aromatic carbocycles. The molecule has 2 aromatic heterocycles. The Balaban J connectivity index is 1.72. The third-order valence-electron chi connectivity index (χ3n) is 4.06. The molecule has 3 rings (SSSR count). The number of allylic oxidation sites excluding steroid dienone is 1. The Labute approximate surface area is 146 Å². The van der Waals surface area contributed by atoms with Gasteiger partial charge in [-0.25, -0.2) is 0 Å². The number of carbonyl (C=O) groups is 1. The molecule has 0 radical (unpaired) electrons. The summed E-state index contributed by atoms with van der Waals surface area (Å²) in [6.07, 6.45) is 4.47. The van der Waals surface area contributed by atoms with E-state index < -0.39 is 0 Å². The van der Waals surface area contributed by atoms with Crippen LogP contribution in [0.15, 0.2) is 48.5 Å². The van der Waals surface area contributed by atoms with Crippen LogP contribution in [0.3, 0.4) is 0 Å². The molecule has 0 amide bonds. The van der Waals surface area contributed by atoms with Gasteiger partial charge in [0, 0.05) is 28.9 Å². The highest BCUT2D eigenvalue weighted by Crippen LogP contribution is 2.22. The van der Waals surface area contributed by atoms with Crippen molar-refractivity contribution in [2.24, 2.45) is 7.05 Å². The molecule has 0 aliphatic carbocycles. The molecule has 4 heteroatoms. The van der Waals surface area contributed by atoms with E-state index in [1.807, 2.05) is 33.0 Å². The summed E-state index contributed by atoms with van der Waals surface area (Å²) in [6, 6.07) is 14.6. The molecule has 2 heterocycles. The van der Waals surface area contributed by atoms with Gasteiger partial charge in [-0.05, 0) is 43.7 Å². The van der Waals surface area contributed by atoms with Crippen LogP contribution >= 0.6 is 11.3 Å². The lowest BCUT2D eigenvalue weighted by atomic mass is 10.1. The summed E-state index contributed by atoms with van der Waals surface area (Å²) in [5.74, 6) is 0.0103. The maximum Gasteiger partial charge on any atom is 0.189 e. The Morgan fingerprint density at radius 2 is 1.92 bits per heavy atom. The van der Waals surface area contributed by atoms with E-state index in [0.717, 1.165) is 22.7 Å². The number of thiophene rings is 1. The molecule has 0 unspecified atom stereocenters. The largest absolute Gasteiger partial charge is 0.289 e. The number of hydrogen-bond donors (Lipinski definition) is 0. The van der Waals surface area contributed by atoms with E-state index in [1.54, 1.807) is 22.1 Å². The number of benzene rings is 1. The summed E-state index contributed by atoms with van der Waals surface area (Å²) in [5.41, 5.74) is 3.68. The third-order valence-corrected chi connectivity index (χ3v) is 5.11. The van der Waals surface area contributed by atoms with Gasteiger partial charge in [0.05, 0.1) is 11.3 Å². The summed E-state index contributed by atoms with van der Waals surface area (Å²) < 4.78 is 1.75. The summed E-state index contributed by atoms with van der Waals surface area (Å²) in [5, 5.41) is 4.30. The van der Waals surface area contributed by atoms with Crippen molar-refractivity contribution in [3.05, 3.63) is 80.8 Å². The minimum Gasteiger partial charge on any atom is -0.289 e. The van der Waals surface area contributed by atoms with Crippen LogP contribution in [0.2, 0.25) is 0 Å². The molecule has 122 valence electrons.